The Morgan fingerprint density at radius 2 is 2.44 bits per heavy atom. The van der Waals surface area contributed by atoms with Crippen LogP contribution < -0.4 is 10.6 Å². The number of hydrogen-bond acceptors (Lipinski definition) is 3. The molecule has 0 bridgehead atoms. The predicted octanol–water partition coefficient (Wildman–Crippen LogP) is 1.05. The first-order valence-electron chi connectivity index (χ1n) is 4.97. The van der Waals surface area contributed by atoms with Gasteiger partial charge >= 0.3 is 0 Å². The summed E-state index contributed by atoms with van der Waals surface area (Å²) in [5.41, 5.74) is 0.469. The van der Waals surface area contributed by atoms with E-state index in [1.54, 1.807) is 6.07 Å². The van der Waals surface area contributed by atoms with E-state index in [9.17, 15) is 9.59 Å². The second-order valence-electron chi connectivity index (χ2n) is 3.62. The van der Waals surface area contributed by atoms with E-state index in [0.717, 1.165) is 0 Å². The Bertz CT molecular complexity index is 406. The summed E-state index contributed by atoms with van der Waals surface area (Å²) in [5.74, 6) is -0.156. The number of carbonyl (C=O) groups excluding carboxylic acids is 2. The number of amides is 2. The molecule has 0 radical (unpaired) electrons. The summed E-state index contributed by atoms with van der Waals surface area (Å²) in [6.45, 7) is 0.486. The van der Waals surface area contributed by atoms with Crippen molar-refractivity contribution in [3.05, 3.63) is 22.6 Å². The van der Waals surface area contributed by atoms with Gasteiger partial charge in [0, 0.05) is 19.0 Å². The molecule has 0 saturated carbocycles. The smallest absolute Gasteiger partial charge is 0.256 e. The van der Waals surface area contributed by atoms with E-state index in [2.05, 4.69) is 26.6 Å². The molecule has 6 heteroatoms. The lowest BCUT2D eigenvalue weighted by Crippen LogP contribution is -2.47. The van der Waals surface area contributed by atoms with Crippen LogP contribution >= 0.6 is 15.9 Å². The summed E-state index contributed by atoms with van der Waals surface area (Å²) in [7, 11) is 0. The number of carbonyl (C=O) groups is 2. The molecule has 1 unspecified atom stereocenters. The van der Waals surface area contributed by atoms with E-state index < -0.39 is 0 Å². The van der Waals surface area contributed by atoms with Crippen LogP contribution in [0.4, 0.5) is 0 Å². The maximum atomic E-state index is 11.8. The van der Waals surface area contributed by atoms with Crippen LogP contribution in [0.5, 0.6) is 0 Å². The van der Waals surface area contributed by atoms with Crippen LogP contribution in [0, 0.1) is 0 Å². The van der Waals surface area contributed by atoms with Crippen molar-refractivity contribution in [1.29, 1.82) is 0 Å². The lowest BCUT2D eigenvalue weighted by molar-refractivity contribution is -0.122. The molecule has 1 aromatic rings. The highest BCUT2D eigenvalue weighted by molar-refractivity contribution is 9.10. The molecule has 1 fully saturated rings. The standard InChI is InChI=1S/C10H11BrN2O3/c11-9-7(3-4-16-9)10(15)13-6-1-2-8(14)12-5-6/h3-4,6H,1-2,5H2,(H,12,14)(H,13,15). The van der Waals surface area contributed by atoms with Crippen LogP contribution in [0.2, 0.25) is 0 Å². The van der Waals surface area contributed by atoms with Gasteiger partial charge in [0.1, 0.15) is 0 Å². The SMILES string of the molecule is O=C1CCC(NC(=O)c2ccoc2Br)CN1. The van der Waals surface area contributed by atoms with Gasteiger partial charge in [0.25, 0.3) is 5.91 Å². The van der Waals surface area contributed by atoms with E-state index in [1.807, 2.05) is 0 Å². The number of nitrogens with one attached hydrogen (secondary N) is 2. The van der Waals surface area contributed by atoms with E-state index in [-0.39, 0.29) is 17.9 Å². The van der Waals surface area contributed by atoms with Crippen molar-refractivity contribution < 1.29 is 14.0 Å². The molecule has 0 spiro atoms. The maximum absolute atomic E-state index is 11.8. The molecular formula is C10H11BrN2O3. The fourth-order valence-electron chi connectivity index (χ4n) is 1.57. The van der Waals surface area contributed by atoms with Crippen LogP contribution in [0.3, 0.4) is 0 Å². The molecule has 5 nitrogen and oxygen atoms in total. The topological polar surface area (TPSA) is 71.3 Å². The first-order valence-corrected chi connectivity index (χ1v) is 5.76. The lowest BCUT2D eigenvalue weighted by Gasteiger charge is -2.23. The second kappa shape index (κ2) is 4.69. The van der Waals surface area contributed by atoms with Crippen LogP contribution in [0.1, 0.15) is 23.2 Å². The molecule has 2 N–H and O–H groups in total. The van der Waals surface area contributed by atoms with E-state index in [4.69, 9.17) is 4.42 Å². The fraction of sp³-hybridized carbons (Fsp3) is 0.400. The zero-order chi connectivity index (χ0) is 11.5. The number of piperidine rings is 1. The van der Waals surface area contributed by atoms with Gasteiger partial charge in [-0.3, -0.25) is 9.59 Å². The normalized spacial score (nSPS) is 20.3. The van der Waals surface area contributed by atoms with Gasteiger partial charge < -0.3 is 15.1 Å². The van der Waals surface area contributed by atoms with Crippen LogP contribution in [-0.2, 0) is 4.79 Å². The van der Waals surface area contributed by atoms with Gasteiger partial charge in [-0.15, -0.1) is 0 Å². The minimum Gasteiger partial charge on any atom is -0.457 e. The van der Waals surface area contributed by atoms with E-state index in [1.165, 1.54) is 6.26 Å². The molecular weight excluding hydrogens is 276 g/mol. The molecule has 2 rings (SSSR count). The third-order valence-corrected chi connectivity index (χ3v) is 3.08. The average molecular weight is 287 g/mol. The Labute approximate surface area is 101 Å². The number of rotatable bonds is 2. The highest BCUT2D eigenvalue weighted by Gasteiger charge is 2.21. The molecule has 0 aromatic carbocycles. The largest absolute Gasteiger partial charge is 0.457 e. The van der Waals surface area contributed by atoms with Crippen LogP contribution in [0.25, 0.3) is 0 Å². The van der Waals surface area contributed by atoms with Gasteiger partial charge in [0.15, 0.2) is 4.67 Å². The molecule has 16 heavy (non-hydrogen) atoms. The van der Waals surface area contributed by atoms with Crippen molar-refractivity contribution in [2.45, 2.75) is 18.9 Å². The summed E-state index contributed by atoms with van der Waals surface area (Å²) >= 11 is 3.14. The van der Waals surface area contributed by atoms with Crippen molar-refractivity contribution in [1.82, 2.24) is 10.6 Å². The van der Waals surface area contributed by atoms with Crippen LogP contribution in [-0.4, -0.2) is 24.4 Å². The zero-order valence-electron chi connectivity index (χ0n) is 8.46. The van der Waals surface area contributed by atoms with Gasteiger partial charge in [-0.25, -0.2) is 0 Å². The maximum Gasteiger partial charge on any atom is 0.256 e. The minimum atomic E-state index is -0.193. The number of furan rings is 1. The summed E-state index contributed by atoms with van der Waals surface area (Å²) in [6.07, 6.45) is 2.58. The molecule has 2 heterocycles. The molecule has 1 aliphatic heterocycles. The Morgan fingerprint density at radius 1 is 1.62 bits per heavy atom. The minimum absolute atomic E-state index is 0.00741. The van der Waals surface area contributed by atoms with E-state index in [0.29, 0.717) is 29.6 Å². The van der Waals surface area contributed by atoms with Gasteiger partial charge in [0.05, 0.1) is 11.8 Å². The third kappa shape index (κ3) is 2.44. The van der Waals surface area contributed by atoms with Crippen molar-refractivity contribution in [2.75, 3.05) is 6.54 Å². The molecule has 0 aliphatic carbocycles. The summed E-state index contributed by atoms with van der Waals surface area (Å²) in [5, 5.41) is 5.55. The van der Waals surface area contributed by atoms with Gasteiger partial charge in [-0.2, -0.15) is 0 Å². The molecule has 1 aromatic heterocycles. The lowest BCUT2D eigenvalue weighted by atomic mass is 10.1. The Morgan fingerprint density at radius 3 is 3.00 bits per heavy atom. The Balaban J connectivity index is 1.93. The monoisotopic (exact) mass is 286 g/mol. The predicted molar refractivity (Wildman–Crippen MR) is 59.9 cm³/mol. The fourth-order valence-corrected chi connectivity index (χ4v) is 2.00. The molecule has 1 aliphatic rings. The van der Waals surface area contributed by atoms with Crippen molar-refractivity contribution in [3.8, 4) is 0 Å². The van der Waals surface area contributed by atoms with Crippen LogP contribution in [0.15, 0.2) is 21.4 Å². The summed E-state index contributed by atoms with van der Waals surface area (Å²) in [6, 6.07) is 1.59. The number of halogens is 1. The highest BCUT2D eigenvalue weighted by atomic mass is 79.9. The highest BCUT2D eigenvalue weighted by Crippen LogP contribution is 2.17. The van der Waals surface area contributed by atoms with Crippen molar-refractivity contribution in [2.24, 2.45) is 0 Å². The van der Waals surface area contributed by atoms with Gasteiger partial charge in [-0.05, 0) is 28.4 Å². The molecule has 2 amide bonds. The zero-order valence-corrected chi connectivity index (χ0v) is 10.0. The summed E-state index contributed by atoms with van der Waals surface area (Å²) < 4.78 is 5.40. The van der Waals surface area contributed by atoms with Gasteiger partial charge in [-0.1, -0.05) is 0 Å². The third-order valence-electron chi connectivity index (χ3n) is 2.46. The first kappa shape index (κ1) is 11.2. The van der Waals surface area contributed by atoms with Gasteiger partial charge in [0.2, 0.25) is 5.91 Å². The Hall–Kier alpha value is -1.30. The summed E-state index contributed by atoms with van der Waals surface area (Å²) in [4.78, 5) is 22.7. The second-order valence-corrected chi connectivity index (χ2v) is 4.34. The first-order chi connectivity index (χ1) is 7.66. The van der Waals surface area contributed by atoms with Crippen molar-refractivity contribution in [3.63, 3.8) is 0 Å². The molecule has 86 valence electrons. The van der Waals surface area contributed by atoms with Crippen molar-refractivity contribution >= 4 is 27.7 Å². The van der Waals surface area contributed by atoms with E-state index >= 15 is 0 Å². The molecule has 1 atom stereocenters. The molecule has 1 saturated heterocycles. The quantitative estimate of drug-likeness (QED) is 0.854. The average Bonchev–Trinajstić information content (AvgIpc) is 2.68. The number of hydrogen-bond donors (Lipinski definition) is 2. The Kier molecular flexibility index (Phi) is 3.28.